The number of nitrogens with zero attached hydrogens (tertiary/aromatic N) is 1. The average molecular weight is 404 g/mol. The van der Waals surface area contributed by atoms with Gasteiger partial charge < -0.3 is 14.4 Å². The highest BCUT2D eigenvalue weighted by Gasteiger charge is 2.37. The highest BCUT2D eigenvalue weighted by atomic mass is 79.9. The third-order valence-corrected chi connectivity index (χ3v) is 5.31. The Bertz CT molecular complexity index is 735. The number of rotatable bonds is 4. The topological polar surface area (TPSA) is 21.7 Å². The van der Waals surface area contributed by atoms with Crippen LogP contribution in [0.3, 0.4) is 0 Å². The molecule has 3 rings (SSSR count). The number of likely N-dealkylation sites (N-methyl/N-ethyl adjacent to an activating group) is 1. The van der Waals surface area contributed by atoms with Gasteiger partial charge >= 0.3 is 0 Å². The smallest absolute Gasteiger partial charge is 0.134 e. The first-order valence-corrected chi connectivity index (χ1v) is 9.54. The molecule has 2 aliphatic heterocycles. The quantitative estimate of drug-likeness (QED) is 0.657. The summed E-state index contributed by atoms with van der Waals surface area (Å²) in [6, 6.07) is 6.13. The Labute approximate surface area is 159 Å². The maximum absolute atomic E-state index is 6.43. The van der Waals surface area contributed by atoms with Crippen LogP contribution in [0.4, 0.5) is 0 Å². The molecule has 134 valence electrons. The first kappa shape index (κ1) is 18.3. The van der Waals surface area contributed by atoms with E-state index >= 15 is 0 Å². The SMILES string of the molecule is C=CC(C)C1Oc2ccc(Br)cc2C2=C(CC(CN(C)C)O2)/C1=C/C. The van der Waals surface area contributed by atoms with E-state index < -0.39 is 0 Å². The van der Waals surface area contributed by atoms with Crippen LogP contribution in [-0.2, 0) is 4.74 Å². The second-order valence-electron chi connectivity index (χ2n) is 7.03. The van der Waals surface area contributed by atoms with Crippen molar-refractivity contribution >= 4 is 21.7 Å². The van der Waals surface area contributed by atoms with Gasteiger partial charge in [-0.25, -0.2) is 0 Å². The van der Waals surface area contributed by atoms with Crippen LogP contribution in [0.1, 0.15) is 25.8 Å². The van der Waals surface area contributed by atoms with Gasteiger partial charge in [0.15, 0.2) is 0 Å². The molecule has 0 bridgehead atoms. The minimum atomic E-state index is -0.0448. The Morgan fingerprint density at radius 2 is 2.12 bits per heavy atom. The second kappa shape index (κ2) is 7.38. The van der Waals surface area contributed by atoms with Crippen molar-refractivity contribution in [2.75, 3.05) is 20.6 Å². The first-order valence-electron chi connectivity index (χ1n) is 8.74. The molecule has 25 heavy (non-hydrogen) atoms. The van der Waals surface area contributed by atoms with E-state index in [-0.39, 0.29) is 18.1 Å². The molecular weight excluding hydrogens is 378 g/mol. The van der Waals surface area contributed by atoms with E-state index in [1.54, 1.807) is 0 Å². The molecule has 0 aliphatic carbocycles. The van der Waals surface area contributed by atoms with E-state index in [9.17, 15) is 0 Å². The van der Waals surface area contributed by atoms with Crippen LogP contribution in [0.15, 0.2) is 52.5 Å². The molecule has 0 aromatic heterocycles. The maximum atomic E-state index is 6.43. The lowest BCUT2D eigenvalue weighted by Gasteiger charge is -2.26. The van der Waals surface area contributed by atoms with Crippen LogP contribution in [-0.4, -0.2) is 37.7 Å². The Kier molecular flexibility index (Phi) is 5.40. The molecule has 0 N–H and O–H groups in total. The summed E-state index contributed by atoms with van der Waals surface area (Å²) in [5.74, 6) is 2.05. The maximum Gasteiger partial charge on any atom is 0.134 e. The molecule has 0 radical (unpaired) electrons. The van der Waals surface area contributed by atoms with Crippen LogP contribution in [0.5, 0.6) is 5.75 Å². The predicted molar refractivity (Wildman–Crippen MR) is 107 cm³/mol. The van der Waals surface area contributed by atoms with E-state index in [1.165, 1.54) is 11.1 Å². The zero-order chi connectivity index (χ0) is 18.1. The van der Waals surface area contributed by atoms with Crippen molar-refractivity contribution in [3.8, 4) is 5.75 Å². The van der Waals surface area contributed by atoms with Crippen molar-refractivity contribution in [3.63, 3.8) is 0 Å². The molecule has 2 heterocycles. The number of halogens is 1. The molecule has 3 atom stereocenters. The predicted octanol–water partition coefficient (Wildman–Crippen LogP) is 5.04. The van der Waals surface area contributed by atoms with Crippen molar-refractivity contribution in [2.45, 2.75) is 32.5 Å². The van der Waals surface area contributed by atoms with Gasteiger partial charge in [-0.05, 0) is 44.8 Å². The first-order chi connectivity index (χ1) is 11.9. The fourth-order valence-corrected chi connectivity index (χ4v) is 3.95. The standard InChI is InChI=1S/C21H26BrNO2/c1-6-13(3)20-16(7-2)17-11-15(12-23(4)5)24-21(17)18-10-14(22)8-9-19(18)25-20/h6-10,13,15,20H,1,11-12H2,2-5H3/b16-7-. The molecule has 1 aromatic carbocycles. The zero-order valence-electron chi connectivity index (χ0n) is 15.4. The van der Waals surface area contributed by atoms with Crippen LogP contribution in [0.25, 0.3) is 5.76 Å². The molecule has 0 saturated heterocycles. The number of benzene rings is 1. The van der Waals surface area contributed by atoms with Crippen LogP contribution in [0.2, 0.25) is 0 Å². The molecule has 0 fully saturated rings. The van der Waals surface area contributed by atoms with Gasteiger partial charge in [0, 0.05) is 28.9 Å². The number of allylic oxidation sites excluding steroid dienone is 1. The van der Waals surface area contributed by atoms with Gasteiger partial charge in [-0.15, -0.1) is 6.58 Å². The summed E-state index contributed by atoms with van der Waals surface area (Å²) < 4.78 is 13.9. The normalized spacial score (nSPS) is 25.1. The van der Waals surface area contributed by atoms with Gasteiger partial charge in [0.2, 0.25) is 0 Å². The summed E-state index contributed by atoms with van der Waals surface area (Å²) in [5.41, 5.74) is 3.52. The lowest BCUT2D eigenvalue weighted by Crippen LogP contribution is -2.28. The molecule has 0 amide bonds. The highest BCUT2D eigenvalue weighted by molar-refractivity contribution is 9.10. The fraction of sp³-hybridized carbons (Fsp3) is 0.429. The third kappa shape index (κ3) is 3.56. The van der Waals surface area contributed by atoms with Gasteiger partial charge in [0.05, 0.1) is 5.56 Å². The zero-order valence-corrected chi connectivity index (χ0v) is 17.0. The van der Waals surface area contributed by atoms with E-state index in [0.717, 1.165) is 34.5 Å². The van der Waals surface area contributed by atoms with Gasteiger partial charge in [-0.2, -0.15) is 0 Å². The number of hydrogen-bond acceptors (Lipinski definition) is 3. The van der Waals surface area contributed by atoms with E-state index in [4.69, 9.17) is 9.47 Å². The summed E-state index contributed by atoms with van der Waals surface area (Å²) in [6.07, 6.45) is 5.16. The molecule has 1 aromatic rings. The Morgan fingerprint density at radius 1 is 1.36 bits per heavy atom. The van der Waals surface area contributed by atoms with Gasteiger partial charge in [-0.3, -0.25) is 0 Å². The van der Waals surface area contributed by atoms with Gasteiger partial charge in [-0.1, -0.05) is 35.0 Å². The molecule has 4 heteroatoms. The summed E-state index contributed by atoms with van der Waals surface area (Å²) in [6.45, 7) is 9.11. The third-order valence-electron chi connectivity index (χ3n) is 4.81. The summed E-state index contributed by atoms with van der Waals surface area (Å²) in [7, 11) is 4.17. The summed E-state index contributed by atoms with van der Waals surface area (Å²) in [5, 5.41) is 0. The van der Waals surface area contributed by atoms with Crippen molar-refractivity contribution in [1.29, 1.82) is 0 Å². The summed E-state index contributed by atoms with van der Waals surface area (Å²) >= 11 is 3.59. The minimum absolute atomic E-state index is 0.0448. The Balaban J connectivity index is 2.11. The Hall–Kier alpha value is -1.52. The second-order valence-corrected chi connectivity index (χ2v) is 7.95. The van der Waals surface area contributed by atoms with E-state index in [2.05, 4.69) is 67.5 Å². The molecule has 0 spiro atoms. The largest absolute Gasteiger partial charge is 0.488 e. The Morgan fingerprint density at radius 3 is 2.76 bits per heavy atom. The van der Waals surface area contributed by atoms with Gasteiger partial charge in [0.1, 0.15) is 23.7 Å². The van der Waals surface area contributed by atoms with Crippen LogP contribution in [0, 0.1) is 5.92 Å². The highest BCUT2D eigenvalue weighted by Crippen LogP contribution is 2.46. The van der Waals surface area contributed by atoms with Crippen molar-refractivity contribution in [1.82, 2.24) is 4.90 Å². The van der Waals surface area contributed by atoms with Crippen LogP contribution >= 0.6 is 15.9 Å². The number of hydrogen-bond donors (Lipinski definition) is 0. The number of fused-ring (bicyclic) bond motifs is 2. The summed E-state index contributed by atoms with van der Waals surface area (Å²) in [4.78, 5) is 2.18. The lowest BCUT2D eigenvalue weighted by molar-refractivity contribution is 0.148. The molecular formula is C21H26BrNO2. The van der Waals surface area contributed by atoms with Crippen molar-refractivity contribution < 1.29 is 9.47 Å². The molecule has 0 saturated carbocycles. The number of ether oxygens (including phenoxy) is 2. The minimum Gasteiger partial charge on any atom is -0.488 e. The fourth-order valence-electron chi connectivity index (χ4n) is 3.59. The molecule has 3 nitrogen and oxygen atoms in total. The lowest BCUT2D eigenvalue weighted by atomic mass is 9.89. The van der Waals surface area contributed by atoms with Gasteiger partial charge in [0.25, 0.3) is 0 Å². The van der Waals surface area contributed by atoms with Crippen molar-refractivity contribution in [3.05, 3.63) is 58.1 Å². The van der Waals surface area contributed by atoms with E-state index in [0.29, 0.717) is 0 Å². The van der Waals surface area contributed by atoms with E-state index in [1.807, 2.05) is 18.2 Å². The molecule has 2 aliphatic rings. The van der Waals surface area contributed by atoms with Crippen LogP contribution < -0.4 is 4.74 Å². The van der Waals surface area contributed by atoms with Crippen molar-refractivity contribution in [2.24, 2.45) is 5.92 Å². The monoisotopic (exact) mass is 403 g/mol. The molecule has 3 unspecified atom stereocenters. The average Bonchev–Trinajstić information content (AvgIpc) is 2.92.